The van der Waals surface area contributed by atoms with Gasteiger partial charge in [0.1, 0.15) is 0 Å². The third-order valence-corrected chi connectivity index (χ3v) is 4.30. The molecule has 120 valence electrons. The molecule has 0 saturated carbocycles. The first-order valence-electron chi connectivity index (χ1n) is 8.39. The van der Waals surface area contributed by atoms with Crippen LogP contribution in [0.15, 0.2) is 66.7 Å². The van der Waals surface area contributed by atoms with E-state index in [-0.39, 0.29) is 0 Å². The molecule has 0 bridgehead atoms. The summed E-state index contributed by atoms with van der Waals surface area (Å²) in [5, 5.41) is 0. The lowest BCUT2D eigenvalue weighted by Gasteiger charge is -2.05. The van der Waals surface area contributed by atoms with Crippen molar-refractivity contribution in [3.8, 4) is 23.7 Å². The van der Waals surface area contributed by atoms with Gasteiger partial charge >= 0.3 is 0 Å². The summed E-state index contributed by atoms with van der Waals surface area (Å²) in [4.78, 5) is 0. The van der Waals surface area contributed by atoms with Crippen LogP contribution in [0.5, 0.6) is 0 Å². The van der Waals surface area contributed by atoms with Crippen molar-refractivity contribution in [3.63, 3.8) is 0 Å². The molecule has 0 fully saturated rings. The summed E-state index contributed by atoms with van der Waals surface area (Å²) in [6, 6.07) is 22.5. The molecule has 3 rings (SSSR count). The second-order valence-corrected chi connectivity index (χ2v) is 6.14. The fourth-order valence-electron chi connectivity index (χ4n) is 2.53. The molecule has 0 heteroatoms. The average Bonchev–Trinajstić information content (AvgIpc) is 2.64. The van der Waals surface area contributed by atoms with Crippen molar-refractivity contribution in [2.75, 3.05) is 0 Å². The van der Waals surface area contributed by atoms with E-state index in [1.807, 2.05) is 30.3 Å². The summed E-state index contributed by atoms with van der Waals surface area (Å²) >= 11 is 0. The summed E-state index contributed by atoms with van der Waals surface area (Å²) in [5.41, 5.74) is 7.82. The Kier molecular flexibility index (Phi) is 5.03. The molecule has 0 saturated heterocycles. The zero-order valence-electron chi connectivity index (χ0n) is 14.9. The fourth-order valence-corrected chi connectivity index (χ4v) is 2.53. The Morgan fingerprint density at radius 2 is 0.960 bits per heavy atom. The molecule has 0 nitrogen and oxygen atoms in total. The lowest BCUT2D eigenvalue weighted by atomic mass is 9.98. The first-order valence-corrected chi connectivity index (χ1v) is 8.39. The maximum Gasteiger partial charge on any atom is 0.0281 e. The Balaban J connectivity index is 1.89. The zero-order chi connectivity index (χ0) is 17.6. The molecule has 0 unspecified atom stereocenters. The van der Waals surface area contributed by atoms with Crippen LogP contribution in [-0.4, -0.2) is 0 Å². The van der Waals surface area contributed by atoms with Crippen LogP contribution in [0, 0.1) is 44.5 Å². The van der Waals surface area contributed by atoms with Crippen LogP contribution in [0.1, 0.15) is 38.9 Å². The SMILES string of the molecule is Cc1ccc(C#Cc2ccc(C#Cc3ccccc3)c(C)c2C)cc1. The van der Waals surface area contributed by atoms with Crippen LogP contribution in [0.25, 0.3) is 0 Å². The predicted molar refractivity (Wildman–Crippen MR) is 105 cm³/mol. The van der Waals surface area contributed by atoms with Crippen molar-refractivity contribution in [1.82, 2.24) is 0 Å². The van der Waals surface area contributed by atoms with Gasteiger partial charge in [-0.1, -0.05) is 59.6 Å². The Hall–Kier alpha value is -3.22. The van der Waals surface area contributed by atoms with Gasteiger partial charge in [-0.15, -0.1) is 0 Å². The molecule has 0 heterocycles. The standard InChI is InChI=1S/C25H20/c1-19-9-11-23(12-10-19)14-16-25-18-17-24(20(2)21(25)3)15-13-22-7-5-4-6-8-22/h4-12,17-18H,1-3H3. The highest BCUT2D eigenvalue weighted by molar-refractivity contribution is 5.55. The second kappa shape index (κ2) is 7.57. The zero-order valence-corrected chi connectivity index (χ0v) is 14.9. The number of rotatable bonds is 0. The van der Waals surface area contributed by atoms with Gasteiger partial charge in [0.25, 0.3) is 0 Å². The van der Waals surface area contributed by atoms with E-state index in [0.29, 0.717) is 0 Å². The number of aryl methyl sites for hydroxylation is 1. The monoisotopic (exact) mass is 320 g/mol. The Labute approximate surface area is 150 Å². The van der Waals surface area contributed by atoms with Crippen LogP contribution in [-0.2, 0) is 0 Å². The topological polar surface area (TPSA) is 0 Å². The molecule has 0 aliphatic heterocycles. The highest BCUT2D eigenvalue weighted by atomic mass is 14.1. The lowest BCUT2D eigenvalue weighted by Crippen LogP contribution is -1.92. The molecular formula is C25H20. The van der Waals surface area contributed by atoms with E-state index in [9.17, 15) is 0 Å². The molecule has 0 N–H and O–H groups in total. The van der Waals surface area contributed by atoms with Crippen LogP contribution in [0.2, 0.25) is 0 Å². The molecule has 0 atom stereocenters. The normalized spacial score (nSPS) is 9.56. The van der Waals surface area contributed by atoms with Crippen molar-refractivity contribution < 1.29 is 0 Å². The van der Waals surface area contributed by atoms with Gasteiger partial charge in [-0.3, -0.25) is 0 Å². The van der Waals surface area contributed by atoms with Crippen LogP contribution in [0.4, 0.5) is 0 Å². The predicted octanol–water partition coefficient (Wildman–Crippen LogP) is 5.41. The Bertz CT molecular complexity index is 999. The minimum atomic E-state index is 1.03. The fraction of sp³-hybridized carbons (Fsp3) is 0.120. The maximum atomic E-state index is 3.29. The van der Waals surface area contributed by atoms with Crippen molar-refractivity contribution in [2.45, 2.75) is 20.8 Å². The first-order chi connectivity index (χ1) is 12.1. The number of hydrogen-bond donors (Lipinski definition) is 0. The van der Waals surface area contributed by atoms with Crippen LogP contribution in [0.3, 0.4) is 0 Å². The van der Waals surface area contributed by atoms with E-state index in [1.165, 1.54) is 16.7 Å². The van der Waals surface area contributed by atoms with Gasteiger partial charge in [0.15, 0.2) is 0 Å². The van der Waals surface area contributed by atoms with E-state index in [1.54, 1.807) is 0 Å². The summed E-state index contributed by atoms with van der Waals surface area (Å²) in [7, 11) is 0. The summed E-state index contributed by atoms with van der Waals surface area (Å²) in [6.07, 6.45) is 0. The molecule has 0 aromatic heterocycles. The van der Waals surface area contributed by atoms with E-state index in [2.05, 4.69) is 80.9 Å². The molecule has 0 aliphatic rings. The third-order valence-electron chi connectivity index (χ3n) is 4.30. The minimum absolute atomic E-state index is 1.03. The van der Waals surface area contributed by atoms with Gasteiger partial charge in [-0.25, -0.2) is 0 Å². The smallest absolute Gasteiger partial charge is 0.0281 e. The molecule has 0 radical (unpaired) electrons. The summed E-state index contributed by atoms with van der Waals surface area (Å²) < 4.78 is 0. The molecule has 0 amide bonds. The van der Waals surface area contributed by atoms with Gasteiger partial charge in [0.05, 0.1) is 0 Å². The van der Waals surface area contributed by atoms with Crippen molar-refractivity contribution in [3.05, 3.63) is 106 Å². The quantitative estimate of drug-likeness (QED) is 0.486. The molecule has 0 spiro atoms. The van der Waals surface area contributed by atoms with Crippen molar-refractivity contribution in [2.24, 2.45) is 0 Å². The minimum Gasteiger partial charge on any atom is -0.0622 e. The molecule has 3 aromatic rings. The Morgan fingerprint density at radius 1 is 0.480 bits per heavy atom. The molecule has 3 aromatic carbocycles. The van der Waals surface area contributed by atoms with E-state index >= 15 is 0 Å². The molecule has 25 heavy (non-hydrogen) atoms. The number of hydrogen-bond acceptors (Lipinski definition) is 0. The van der Waals surface area contributed by atoms with Crippen molar-refractivity contribution in [1.29, 1.82) is 0 Å². The summed E-state index contributed by atoms with van der Waals surface area (Å²) in [6.45, 7) is 6.31. The van der Waals surface area contributed by atoms with Gasteiger partial charge in [0, 0.05) is 22.3 Å². The maximum absolute atomic E-state index is 3.29. The van der Waals surface area contributed by atoms with E-state index in [4.69, 9.17) is 0 Å². The largest absolute Gasteiger partial charge is 0.0622 e. The average molecular weight is 320 g/mol. The van der Waals surface area contributed by atoms with Gasteiger partial charge in [0.2, 0.25) is 0 Å². The van der Waals surface area contributed by atoms with E-state index in [0.717, 1.165) is 22.3 Å². The van der Waals surface area contributed by atoms with Crippen LogP contribution >= 0.6 is 0 Å². The van der Waals surface area contributed by atoms with Gasteiger partial charge < -0.3 is 0 Å². The van der Waals surface area contributed by atoms with Crippen LogP contribution < -0.4 is 0 Å². The molecular weight excluding hydrogens is 300 g/mol. The summed E-state index contributed by atoms with van der Waals surface area (Å²) in [5.74, 6) is 13.0. The van der Waals surface area contributed by atoms with Gasteiger partial charge in [-0.2, -0.15) is 0 Å². The number of benzene rings is 3. The lowest BCUT2D eigenvalue weighted by molar-refractivity contribution is 1.30. The van der Waals surface area contributed by atoms with Crippen molar-refractivity contribution >= 4 is 0 Å². The second-order valence-electron chi connectivity index (χ2n) is 6.14. The van der Waals surface area contributed by atoms with E-state index < -0.39 is 0 Å². The molecule has 0 aliphatic carbocycles. The first kappa shape index (κ1) is 16.6. The Morgan fingerprint density at radius 3 is 1.48 bits per heavy atom. The van der Waals surface area contributed by atoms with Gasteiger partial charge in [-0.05, 0) is 68.3 Å². The highest BCUT2D eigenvalue weighted by Crippen LogP contribution is 2.17. The highest BCUT2D eigenvalue weighted by Gasteiger charge is 2.03. The third kappa shape index (κ3) is 4.20.